The van der Waals surface area contributed by atoms with Crippen molar-refractivity contribution in [3.8, 4) is 0 Å². The average Bonchev–Trinajstić information content (AvgIpc) is 2.23. The van der Waals surface area contributed by atoms with Crippen molar-refractivity contribution in [3.63, 3.8) is 0 Å². The van der Waals surface area contributed by atoms with Gasteiger partial charge in [0.1, 0.15) is 0 Å². The Balaban J connectivity index is 0.00000112. The maximum Gasteiger partial charge on any atom is 0.242 e. The Morgan fingerprint density at radius 1 is 1.27 bits per heavy atom. The molecule has 4 nitrogen and oxygen atoms in total. The largest absolute Gasteiger partial charge is 0.273 e. The van der Waals surface area contributed by atoms with Gasteiger partial charge in [-0.25, -0.2) is 5.01 Å². The predicted molar refractivity (Wildman–Crippen MR) is 60.0 cm³/mol. The predicted octanol–water partition coefficient (Wildman–Crippen LogP) is 1.46. The minimum atomic E-state index is 0. The Labute approximate surface area is 94.4 Å². The Morgan fingerprint density at radius 3 is 2.53 bits per heavy atom. The molecule has 5 heteroatoms. The summed E-state index contributed by atoms with van der Waals surface area (Å²) in [5.41, 5.74) is 1.99. The van der Waals surface area contributed by atoms with E-state index in [1.165, 1.54) is 5.01 Å². The smallest absolute Gasteiger partial charge is 0.242 e. The maximum absolute atomic E-state index is 11.2. The van der Waals surface area contributed by atoms with Gasteiger partial charge in [-0.15, -0.1) is 12.4 Å². The van der Waals surface area contributed by atoms with Crippen LogP contribution in [0.5, 0.6) is 0 Å². The van der Waals surface area contributed by atoms with Crippen molar-refractivity contribution in [2.45, 2.75) is 12.8 Å². The molecule has 0 fully saturated rings. The van der Waals surface area contributed by atoms with Crippen LogP contribution in [0, 0.1) is 0 Å². The van der Waals surface area contributed by atoms with Crippen LogP contribution in [0.4, 0.5) is 0 Å². The van der Waals surface area contributed by atoms with Crippen molar-refractivity contribution in [3.05, 3.63) is 30.1 Å². The summed E-state index contributed by atoms with van der Waals surface area (Å²) < 4.78 is 0. The van der Waals surface area contributed by atoms with E-state index < -0.39 is 0 Å². The normalized spacial score (nSPS) is 15.7. The van der Waals surface area contributed by atoms with E-state index >= 15 is 0 Å². The first-order chi connectivity index (χ1) is 6.77. The summed E-state index contributed by atoms with van der Waals surface area (Å²) in [5, 5.41) is 5.61. The lowest BCUT2D eigenvalue weighted by Gasteiger charge is -2.19. The molecule has 1 amide bonds. The summed E-state index contributed by atoms with van der Waals surface area (Å²) >= 11 is 0. The number of hydrogen-bond acceptors (Lipinski definition) is 3. The molecule has 0 atom stereocenters. The average molecular weight is 226 g/mol. The van der Waals surface area contributed by atoms with Crippen molar-refractivity contribution in [1.29, 1.82) is 0 Å². The third kappa shape index (κ3) is 2.53. The Hall–Kier alpha value is -1.42. The van der Waals surface area contributed by atoms with Crippen molar-refractivity contribution >= 4 is 24.0 Å². The van der Waals surface area contributed by atoms with Gasteiger partial charge < -0.3 is 0 Å². The fourth-order valence-corrected chi connectivity index (χ4v) is 1.42. The van der Waals surface area contributed by atoms with Crippen molar-refractivity contribution < 1.29 is 4.79 Å². The molecule has 1 aromatic rings. The quantitative estimate of drug-likeness (QED) is 0.727. The van der Waals surface area contributed by atoms with Crippen LogP contribution in [0.2, 0.25) is 0 Å². The minimum absolute atomic E-state index is 0. The zero-order valence-electron chi connectivity index (χ0n) is 8.38. The third-order valence-electron chi connectivity index (χ3n) is 2.22. The molecule has 1 aromatic heterocycles. The number of rotatable bonds is 1. The number of amides is 1. The van der Waals surface area contributed by atoms with Gasteiger partial charge in [0.05, 0.1) is 5.71 Å². The lowest BCUT2D eigenvalue weighted by molar-refractivity contribution is -0.130. The van der Waals surface area contributed by atoms with Gasteiger partial charge in [-0.3, -0.25) is 9.78 Å². The fourth-order valence-electron chi connectivity index (χ4n) is 1.42. The highest BCUT2D eigenvalue weighted by molar-refractivity contribution is 6.03. The van der Waals surface area contributed by atoms with E-state index in [0.717, 1.165) is 11.3 Å². The van der Waals surface area contributed by atoms with Gasteiger partial charge in [-0.1, -0.05) is 0 Å². The summed E-state index contributed by atoms with van der Waals surface area (Å²) in [6.07, 6.45) is 4.72. The van der Waals surface area contributed by atoms with E-state index in [1.54, 1.807) is 19.4 Å². The SMILES string of the molecule is CN1N=C(c2ccncc2)CCC1=O.Cl. The lowest BCUT2D eigenvalue weighted by atomic mass is 10.1. The van der Waals surface area contributed by atoms with E-state index in [2.05, 4.69) is 10.1 Å². The third-order valence-corrected chi connectivity index (χ3v) is 2.22. The first kappa shape index (κ1) is 11.7. The molecule has 0 unspecified atom stereocenters. The van der Waals surface area contributed by atoms with Crippen LogP contribution < -0.4 is 0 Å². The molecule has 0 saturated heterocycles. The number of carbonyl (C=O) groups excluding carboxylic acids is 1. The minimum Gasteiger partial charge on any atom is -0.273 e. The second-order valence-corrected chi connectivity index (χ2v) is 3.20. The van der Waals surface area contributed by atoms with Gasteiger partial charge in [0.25, 0.3) is 0 Å². The van der Waals surface area contributed by atoms with E-state index in [1.807, 2.05) is 12.1 Å². The zero-order chi connectivity index (χ0) is 9.97. The summed E-state index contributed by atoms with van der Waals surface area (Å²) in [4.78, 5) is 15.1. The number of halogens is 1. The molecular weight excluding hydrogens is 214 g/mol. The van der Waals surface area contributed by atoms with E-state index in [4.69, 9.17) is 0 Å². The highest BCUT2D eigenvalue weighted by Crippen LogP contribution is 2.12. The molecule has 0 aliphatic carbocycles. The summed E-state index contributed by atoms with van der Waals surface area (Å²) in [7, 11) is 1.68. The van der Waals surface area contributed by atoms with Crippen LogP contribution in [-0.2, 0) is 4.79 Å². The number of hydrazone groups is 1. The molecular formula is C10H12ClN3O. The van der Waals surface area contributed by atoms with Gasteiger partial charge in [0.2, 0.25) is 5.91 Å². The number of nitrogens with zero attached hydrogens (tertiary/aromatic N) is 3. The Kier molecular flexibility index (Phi) is 3.80. The molecule has 1 aliphatic heterocycles. The highest BCUT2D eigenvalue weighted by atomic mass is 35.5. The first-order valence-corrected chi connectivity index (χ1v) is 4.52. The summed E-state index contributed by atoms with van der Waals surface area (Å²) in [6, 6.07) is 3.81. The number of aromatic nitrogens is 1. The number of hydrogen-bond donors (Lipinski definition) is 0. The highest BCUT2D eigenvalue weighted by Gasteiger charge is 2.17. The summed E-state index contributed by atoms with van der Waals surface area (Å²) in [5.74, 6) is 0.0720. The molecule has 2 heterocycles. The van der Waals surface area contributed by atoms with Crippen LogP contribution in [0.15, 0.2) is 29.6 Å². The molecule has 1 aliphatic rings. The van der Waals surface area contributed by atoms with Gasteiger partial charge in [0, 0.05) is 37.8 Å². The lowest BCUT2D eigenvalue weighted by Crippen LogP contribution is -2.28. The topological polar surface area (TPSA) is 45.6 Å². The van der Waals surface area contributed by atoms with Crippen LogP contribution in [-0.4, -0.2) is 28.7 Å². The van der Waals surface area contributed by atoms with Gasteiger partial charge in [-0.05, 0) is 12.1 Å². The van der Waals surface area contributed by atoms with E-state index in [0.29, 0.717) is 12.8 Å². The number of carbonyl (C=O) groups is 1. The van der Waals surface area contributed by atoms with Crippen LogP contribution in [0.1, 0.15) is 18.4 Å². The molecule has 0 spiro atoms. The van der Waals surface area contributed by atoms with Crippen LogP contribution in [0.3, 0.4) is 0 Å². The second-order valence-electron chi connectivity index (χ2n) is 3.20. The van der Waals surface area contributed by atoms with Gasteiger partial charge >= 0.3 is 0 Å². The Morgan fingerprint density at radius 2 is 1.93 bits per heavy atom. The van der Waals surface area contributed by atoms with Crippen molar-refractivity contribution in [1.82, 2.24) is 9.99 Å². The molecule has 80 valence electrons. The summed E-state index contributed by atoms with van der Waals surface area (Å²) in [6.45, 7) is 0. The molecule has 0 N–H and O–H groups in total. The zero-order valence-corrected chi connectivity index (χ0v) is 9.20. The van der Waals surface area contributed by atoms with Gasteiger partial charge in [0.15, 0.2) is 0 Å². The van der Waals surface area contributed by atoms with Crippen molar-refractivity contribution in [2.24, 2.45) is 5.10 Å². The second kappa shape index (κ2) is 4.89. The first-order valence-electron chi connectivity index (χ1n) is 4.52. The molecule has 0 bridgehead atoms. The molecule has 15 heavy (non-hydrogen) atoms. The molecule has 0 aromatic carbocycles. The molecule has 0 radical (unpaired) electrons. The van der Waals surface area contributed by atoms with Crippen LogP contribution in [0.25, 0.3) is 0 Å². The van der Waals surface area contributed by atoms with Gasteiger partial charge in [-0.2, -0.15) is 5.10 Å². The van der Waals surface area contributed by atoms with Crippen LogP contribution >= 0.6 is 12.4 Å². The maximum atomic E-state index is 11.2. The fraction of sp³-hybridized carbons (Fsp3) is 0.300. The van der Waals surface area contributed by atoms with E-state index in [-0.39, 0.29) is 18.3 Å². The molecule has 2 rings (SSSR count). The Bertz CT molecular complexity index is 378. The standard InChI is InChI=1S/C10H11N3O.ClH/c1-13-10(14)3-2-9(12-13)8-4-6-11-7-5-8;/h4-7H,2-3H2,1H3;1H. The monoisotopic (exact) mass is 225 g/mol. The molecule has 0 saturated carbocycles. The van der Waals surface area contributed by atoms with E-state index in [9.17, 15) is 4.79 Å². The van der Waals surface area contributed by atoms with Crippen molar-refractivity contribution in [2.75, 3.05) is 7.05 Å². The number of pyridine rings is 1.